The minimum atomic E-state index is -2.82. The molecule has 2 N–H and O–H groups in total. The second kappa shape index (κ2) is 5.41. The second-order valence-corrected chi connectivity index (χ2v) is 7.48. The Labute approximate surface area is 109 Å². The van der Waals surface area contributed by atoms with Gasteiger partial charge in [-0.1, -0.05) is 31.2 Å². The minimum Gasteiger partial charge on any atom is -0.326 e. The maximum Gasteiger partial charge on any atom is 0.150 e. The standard InChI is InChI=1S/C14H21NO2S/c1-11(13-6-4-12(9-15)5-7-13)14-3-2-8-18(16,17)10-14/h4-7,11,14H,2-3,8-10,15H2,1H3. The summed E-state index contributed by atoms with van der Waals surface area (Å²) in [5, 5.41) is 0. The van der Waals surface area contributed by atoms with Crippen molar-refractivity contribution in [2.75, 3.05) is 11.5 Å². The smallest absolute Gasteiger partial charge is 0.150 e. The van der Waals surface area contributed by atoms with E-state index >= 15 is 0 Å². The predicted octanol–water partition coefficient (Wildman–Crippen LogP) is 2.07. The van der Waals surface area contributed by atoms with Crippen molar-refractivity contribution in [3.8, 4) is 0 Å². The normalized spacial score (nSPS) is 24.7. The van der Waals surface area contributed by atoms with E-state index in [9.17, 15) is 8.42 Å². The van der Waals surface area contributed by atoms with Crippen molar-refractivity contribution in [3.63, 3.8) is 0 Å². The molecule has 1 aliphatic heterocycles. The van der Waals surface area contributed by atoms with Gasteiger partial charge in [-0.2, -0.15) is 0 Å². The van der Waals surface area contributed by atoms with Gasteiger partial charge in [0.2, 0.25) is 0 Å². The fraction of sp³-hybridized carbons (Fsp3) is 0.571. The van der Waals surface area contributed by atoms with Crippen LogP contribution in [0.15, 0.2) is 24.3 Å². The zero-order valence-electron chi connectivity index (χ0n) is 10.8. The van der Waals surface area contributed by atoms with Crippen molar-refractivity contribution >= 4 is 9.84 Å². The van der Waals surface area contributed by atoms with Crippen molar-refractivity contribution in [1.82, 2.24) is 0 Å². The van der Waals surface area contributed by atoms with E-state index < -0.39 is 9.84 Å². The van der Waals surface area contributed by atoms with Crippen LogP contribution in [0.3, 0.4) is 0 Å². The summed E-state index contributed by atoms with van der Waals surface area (Å²) in [5.74, 6) is 1.26. The maximum atomic E-state index is 11.7. The van der Waals surface area contributed by atoms with E-state index in [1.54, 1.807) is 0 Å². The first-order chi connectivity index (χ1) is 8.52. The van der Waals surface area contributed by atoms with Gasteiger partial charge in [0, 0.05) is 6.54 Å². The number of rotatable bonds is 3. The third-order valence-corrected chi connectivity index (χ3v) is 5.79. The van der Waals surface area contributed by atoms with E-state index in [1.807, 2.05) is 12.1 Å². The monoisotopic (exact) mass is 267 g/mol. The van der Waals surface area contributed by atoms with Gasteiger partial charge in [0.05, 0.1) is 11.5 Å². The molecule has 4 heteroatoms. The highest BCUT2D eigenvalue weighted by Crippen LogP contribution is 2.32. The van der Waals surface area contributed by atoms with Crippen LogP contribution in [0.5, 0.6) is 0 Å². The van der Waals surface area contributed by atoms with Gasteiger partial charge >= 0.3 is 0 Å². The van der Waals surface area contributed by atoms with Gasteiger partial charge in [0.25, 0.3) is 0 Å². The molecule has 1 aromatic rings. The Kier molecular flexibility index (Phi) is 4.07. The zero-order chi connectivity index (χ0) is 13.2. The topological polar surface area (TPSA) is 60.2 Å². The molecule has 0 bridgehead atoms. The Morgan fingerprint density at radius 3 is 2.56 bits per heavy atom. The van der Waals surface area contributed by atoms with Gasteiger partial charge in [-0.15, -0.1) is 0 Å². The average molecular weight is 267 g/mol. The van der Waals surface area contributed by atoms with Gasteiger partial charge in [-0.05, 0) is 35.8 Å². The van der Waals surface area contributed by atoms with Crippen LogP contribution in [0.2, 0.25) is 0 Å². The summed E-state index contributed by atoms with van der Waals surface area (Å²) in [6.45, 7) is 2.68. The Morgan fingerprint density at radius 2 is 2.00 bits per heavy atom. The molecule has 1 aromatic carbocycles. The summed E-state index contributed by atoms with van der Waals surface area (Å²) in [6.07, 6.45) is 1.82. The summed E-state index contributed by atoms with van der Waals surface area (Å²) in [4.78, 5) is 0. The molecule has 1 heterocycles. The maximum absolute atomic E-state index is 11.7. The number of hydrogen-bond donors (Lipinski definition) is 1. The van der Waals surface area contributed by atoms with E-state index in [1.165, 1.54) is 5.56 Å². The molecule has 1 aliphatic rings. The number of sulfone groups is 1. The Balaban J connectivity index is 2.12. The number of benzene rings is 1. The highest BCUT2D eigenvalue weighted by atomic mass is 32.2. The van der Waals surface area contributed by atoms with Gasteiger partial charge in [0.15, 0.2) is 9.84 Å². The van der Waals surface area contributed by atoms with Crippen LogP contribution in [0.25, 0.3) is 0 Å². The predicted molar refractivity (Wildman–Crippen MR) is 74.1 cm³/mol. The summed E-state index contributed by atoms with van der Waals surface area (Å²) >= 11 is 0. The van der Waals surface area contributed by atoms with E-state index in [4.69, 9.17) is 5.73 Å². The molecular weight excluding hydrogens is 246 g/mol. The molecule has 0 spiro atoms. The summed E-state index contributed by atoms with van der Waals surface area (Å²) in [7, 11) is -2.82. The Hall–Kier alpha value is -0.870. The Bertz CT molecular complexity index is 493. The molecule has 0 radical (unpaired) electrons. The van der Waals surface area contributed by atoms with Crippen molar-refractivity contribution in [2.45, 2.75) is 32.2 Å². The SMILES string of the molecule is CC(c1ccc(CN)cc1)C1CCCS(=O)(=O)C1. The molecule has 2 unspecified atom stereocenters. The van der Waals surface area contributed by atoms with Crippen molar-refractivity contribution in [3.05, 3.63) is 35.4 Å². The lowest BCUT2D eigenvalue weighted by atomic mass is 9.85. The van der Waals surface area contributed by atoms with Crippen molar-refractivity contribution in [1.29, 1.82) is 0 Å². The lowest BCUT2D eigenvalue weighted by Gasteiger charge is -2.28. The first kappa shape index (κ1) is 13.6. The Morgan fingerprint density at radius 1 is 1.33 bits per heavy atom. The molecule has 1 saturated heterocycles. The van der Waals surface area contributed by atoms with Gasteiger partial charge in [-0.25, -0.2) is 8.42 Å². The van der Waals surface area contributed by atoms with Crippen LogP contribution in [0, 0.1) is 5.92 Å². The molecule has 100 valence electrons. The van der Waals surface area contributed by atoms with Crippen LogP contribution < -0.4 is 5.73 Å². The fourth-order valence-corrected chi connectivity index (χ4v) is 4.56. The molecule has 18 heavy (non-hydrogen) atoms. The second-order valence-electron chi connectivity index (χ2n) is 5.25. The van der Waals surface area contributed by atoms with E-state index in [-0.39, 0.29) is 5.92 Å². The van der Waals surface area contributed by atoms with Crippen LogP contribution in [0.1, 0.15) is 36.8 Å². The molecule has 2 atom stereocenters. The van der Waals surface area contributed by atoms with Gasteiger partial charge in [-0.3, -0.25) is 0 Å². The third-order valence-electron chi connectivity index (χ3n) is 3.95. The molecule has 0 aromatic heterocycles. The summed E-state index contributed by atoms with van der Waals surface area (Å²) in [6, 6.07) is 8.22. The first-order valence-corrected chi connectivity index (χ1v) is 8.33. The van der Waals surface area contributed by atoms with Crippen LogP contribution >= 0.6 is 0 Å². The van der Waals surface area contributed by atoms with Crippen LogP contribution in [-0.2, 0) is 16.4 Å². The molecule has 0 saturated carbocycles. The van der Waals surface area contributed by atoms with E-state index in [0.29, 0.717) is 24.0 Å². The van der Waals surface area contributed by atoms with Gasteiger partial charge in [0.1, 0.15) is 0 Å². The van der Waals surface area contributed by atoms with Crippen molar-refractivity contribution in [2.24, 2.45) is 11.7 Å². The van der Waals surface area contributed by atoms with E-state index in [0.717, 1.165) is 18.4 Å². The zero-order valence-corrected chi connectivity index (χ0v) is 11.6. The quantitative estimate of drug-likeness (QED) is 0.912. The van der Waals surface area contributed by atoms with Crippen molar-refractivity contribution < 1.29 is 8.42 Å². The first-order valence-electron chi connectivity index (χ1n) is 6.51. The van der Waals surface area contributed by atoms with Gasteiger partial charge < -0.3 is 5.73 Å². The minimum absolute atomic E-state index is 0.257. The molecule has 2 rings (SSSR count). The average Bonchev–Trinajstić information content (AvgIpc) is 2.37. The summed E-state index contributed by atoms with van der Waals surface area (Å²) in [5.41, 5.74) is 7.91. The largest absolute Gasteiger partial charge is 0.326 e. The highest BCUT2D eigenvalue weighted by Gasteiger charge is 2.29. The molecule has 0 amide bonds. The highest BCUT2D eigenvalue weighted by molar-refractivity contribution is 7.91. The lowest BCUT2D eigenvalue weighted by Crippen LogP contribution is -2.28. The third kappa shape index (κ3) is 3.12. The summed E-state index contributed by atoms with van der Waals surface area (Å²) < 4.78 is 23.4. The lowest BCUT2D eigenvalue weighted by molar-refractivity contribution is 0.427. The molecular formula is C14H21NO2S. The van der Waals surface area contributed by atoms with E-state index in [2.05, 4.69) is 19.1 Å². The molecule has 1 fully saturated rings. The van der Waals surface area contributed by atoms with Crippen LogP contribution in [0.4, 0.5) is 0 Å². The molecule has 3 nitrogen and oxygen atoms in total. The molecule has 0 aliphatic carbocycles. The number of hydrogen-bond acceptors (Lipinski definition) is 3. The van der Waals surface area contributed by atoms with Crippen LogP contribution in [-0.4, -0.2) is 19.9 Å². The number of nitrogens with two attached hydrogens (primary N) is 1. The fourth-order valence-electron chi connectivity index (χ4n) is 2.68.